The largest absolute Gasteiger partial charge is 0.505 e. The predicted molar refractivity (Wildman–Crippen MR) is 125 cm³/mol. The van der Waals surface area contributed by atoms with Crippen LogP contribution in [-0.4, -0.2) is 50.1 Å². The monoisotopic (exact) mass is 475 g/mol. The van der Waals surface area contributed by atoms with Gasteiger partial charge in [-0.2, -0.15) is 8.42 Å². The number of hydrogen-bond acceptors (Lipinski definition) is 6. The van der Waals surface area contributed by atoms with Gasteiger partial charge in [-0.1, -0.05) is 39.0 Å². The topological polar surface area (TPSA) is 123 Å². The van der Waals surface area contributed by atoms with Gasteiger partial charge in [0.1, 0.15) is 5.82 Å². The van der Waals surface area contributed by atoms with Crippen LogP contribution in [0, 0.1) is 11.2 Å². The lowest BCUT2D eigenvalue weighted by atomic mass is 9.82. The summed E-state index contributed by atoms with van der Waals surface area (Å²) < 4.78 is 45.5. The molecule has 0 saturated heterocycles. The molecule has 3 rings (SSSR count). The molecule has 2 aromatic rings. The summed E-state index contributed by atoms with van der Waals surface area (Å²) in [4.78, 5) is 13.6. The van der Waals surface area contributed by atoms with Crippen molar-refractivity contribution in [2.75, 3.05) is 19.4 Å². The number of rotatable bonds is 4. The average Bonchev–Trinajstić information content (AvgIpc) is 2.99. The Morgan fingerprint density at radius 1 is 1.09 bits per heavy atom. The molecule has 3 N–H and O–H groups in total. The first-order valence-corrected chi connectivity index (χ1v) is 11.5. The van der Waals surface area contributed by atoms with E-state index < -0.39 is 33.4 Å². The second-order valence-corrected chi connectivity index (χ2v) is 10.1. The van der Waals surface area contributed by atoms with Crippen molar-refractivity contribution < 1.29 is 22.7 Å². The third-order valence-electron chi connectivity index (χ3n) is 4.89. The van der Waals surface area contributed by atoms with E-state index in [0.29, 0.717) is 5.56 Å². The van der Waals surface area contributed by atoms with Gasteiger partial charge < -0.3 is 20.6 Å². The minimum Gasteiger partial charge on any atom is -0.505 e. The Morgan fingerprint density at radius 3 is 2.33 bits per heavy atom. The molecule has 0 fully saturated rings. The maximum absolute atomic E-state index is 13.9. The van der Waals surface area contributed by atoms with Crippen LogP contribution in [0.5, 0.6) is 5.75 Å². The number of para-hydroxylation sites is 1. The van der Waals surface area contributed by atoms with E-state index in [4.69, 9.17) is 0 Å². The molecule has 1 atom stereocenters. The number of nitrogens with zero attached hydrogens (tertiary/aromatic N) is 3. The summed E-state index contributed by atoms with van der Waals surface area (Å²) in [6.07, 6.45) is 0. The molecule has 33 heavy (non-hydrogen) atoms. The summed E-state index contributed by atoms with van der Waals surface area (Å²) in [7, 11) is -1.09. The van der Waals surface area contributed by atoms with Crippen molar-refractivity contribution in [1.82, 2.24) is 10.2 Å². The Balaban J connectivity index is 1.97. The molecule has 2 aromatic carbocycles. The van der Waals surface area contributed by atoms with Crippen LogP contribution in [0.15, 0.2) is 51.3 Å². The Bertz CT molecular complexity index is 1250. The Kier molecular flexibility index (Phi) is 6.46. The zero-order valence-corrected chi connectivity index (χ0v) is 19.7. The summed E-state index contributed by atoms with van der Waals surface area (Å²) in [6, 6.07) is 9.90. The number of amidine groups is 2. The van der Waals surface area contributed by atoms with Crippen LogP contribution in [0.3, 0.4) is 0 Å². The molecule has 0 aliphatic carbocycles. The average molecular weight is 476 g/mol. The van der Waals surface area contributed by atoms with Crippen LogP contribution in [0.25, 0.3) is 0 Å². The molecular formula is C22H26FN5O4S. The van der Waals surface area contributed by atoms with Crippen molar-refractivity contribution in [3.63, 3.8) is 0 Å². The molecule has 1 amide bonds. The van der Waals surface area contributed by atoms with Gasteiger partial charge >= 0.3 is 10.2 Å². The van der Waals surface area contributed by atoms with Crippen molar-refractivity contribution in [3.05, 3.63) is 59.4 Å². The fourth-order valence-corrected chi connectivity index (χ4v) is 4.10. The SMILES string of the molecule is CN(C)C(=O)c1cccc(NC2=NS(=O)(=O)N=C2NC(c2cccc(F)c2)C(C)(C)C)c1O. The molecule has 1 aliphatic rings. The molecule has 9 nitrogen and oxygen atoms in total. The van der Waals surface area contributed by atoms with E-state index in [1.165, 1.54) is 35.2 Å². The predicted octanol–water partition coefficient (Wildman–Crippen LogP) is 3.08. The van der Waals surface area contributed by atoms with Gasteiger partial charge in [-0.15, -0.1) is 8.80 Å². The summed E-state index contributed by atoms with van der Waals surface area (Å²) in [6.45, 7) is 5.73. The molecule has 176 valence electrons. The zero-order valence-electron chi connectivity index (χ0n) is 18.9. The van der Waals surface area contributed by atoms with E-state index in [9.17, 15) is 22.7 Å². The van der Waals surface area contributed by atoms with Gasteiger partial charge in [-0.25, -0.2) is 4.39 Å². The molecule has 0 spiro atoms. The number of hydrogen-bond donors (Lipinski definition) is 3. The minimum atomic E-state index is -4.18. The third kappa shape index (κ3) is 5.48. The van der Waals surface area contributed by atoms with Gasteiger partial charge in [-0.3, -0.25) is 4.79 Å². The summed E-state index contributed by atoms with van der Waals surface area (Å²) in [5.41, 5.74) is 0.236. The normalized spacial score (nSPS) is 15.9. The number of nitrogens with one attached hydrogen (secondary N) is 2. The number of amides is 1. The van der Waals surface area contributed by atoms with E-state index >= 15 is 0 Å². The summed E-state index contributed by atoms with van der Waals surface area (Å²) in [5.74, 6) is -1.47. The molecule has 1 aliphatic heterocycles. The highest BCUT2D eigenvalue weighted by Gasteiger charge is 2.33. The first-order valence-electron chi connectivity index (χ1n) is 10.1. The molecule has 1 unspecified atom stereocenters. The lowest BCUT2D eigenvalue weighted by Gasteiger charge is -2.32. The number of benzene rings is 2. The fraction of sp³-hybridized carbons (Fsp3) is 0.318. The van der Waals surface area contributed by atoms with E-state index in [-0.39, 0.29) is 28.7 Å². The van der Waals surface area contributed by atoms with Crippen molar-refractivity contribution in [3.8, 4) is 5.75 Å². The molecule has 0 bridgehead atoms. The van der Waals surface area contributed by atoms with Gasteiger partial charge in [0.25, 0.3) is 5.91 Å². The standard InChI is InChI=1S/C22H26FN5O4S/c1-22(2,3)18(13-8-6-9-14(23)12-13)25-20-19(26-33(31,32)27-20)24-16-11-7-10-15(17(16)29)21(30)28(4)5/h6-12,18,29H,1-5H3,(H,24,26)(H,25,27). The number of carbonyl (C=O) groups excluding carboxylic acids is 1. The minimum absolute atomic E-state index is 0.0326. The van der Waals surface area contributed by atoms with E-state index in [1.54, 1.807) is 26.2 Å². The second-order valence-electron chi connectivity index (χ2n) is 8.85. The van der Waals surface area contributed by atoms with E-state index in [1.807, 2.05) is 20.8 Å². The van der Waals surface area contributed by atoms with Gasteiger partial charge in [0, 0.05) is 14.1 Å². The van der Waals surface area contributed by atoms with Crippen LogP contribution in [0.1, 0.15) is 42.7 Å². The lowest BCUT2D eigenvalue weighted by Crippen LogP contribution is -2.41. The maximum atomic E-state index is 13.9. The Morgan fingerprint density at radius 2 is 1.73 bits per heavy atom. The van der Waals surface area contributed by atoms with Crippen molar-refractivity contribution >= 4 is 33.5 Å². The molecule has 1 heterocycles. The second kappa shape index (κ2) is 8.81. The zero-order chi connectivity index (χ0) is 24.6. The summed E-state index contributed by atoms with van der Waals surface area (Å²) in [5, 5.41) is 16.4. The fourth-order valence-electron chi connectivity index (χ4n) is 3.32. The number of halogens is 1. The molecule has 0 aromatic heterocycles. The number of aromatic hydroxyl groups is 1. The van der Waals surface area contributed by atoms with Gasteiger partial charge in [0.05, 0.1) is 17.3 Å². The van der Waals surface area contributed by atoms with Gasteiger partial charge in [0.15, 0.2) is 17.4 Å². The Labute approximate surface area is 192 Å². The number of phenolic OH excluding ortho intramolecular Hbond substituents is 1. The number of phenols is 1. The van der Waals surface area contributed by atoms with Crippen LogP contribution < -0.4 is 10.6 Å². The first kappa shape index (κ1) is 24.2. The first-order chi connectivity index (χ1) is 15.3. The van der Waals surface area contributed by atoms with Gasteiger partial charge in [-0.05, 0) is 35.2 Å². The van der Waals surface area contributed by atoms with Gasteiger partial charge in [0.2, 0.25) is 0 Å². The maximum Gasteiger partial charge on any atom is 0.367 e. The Hall–Kier alpha value is -3.47. The quantitative estimate of drug-likeness (QED) is 0.584. The highest BCUT2D eigenvalue weighted by molar-refractivity contribution is 7.89. The lowest BCUT2D eigenvalue weighted by molar-refractivity contribution is 0.0824. The smallest absolute Gasteiger partial charge is 0.367 e. The molecule has 0 radical (unpaired) electrons. The van der Waals surface area contributed by atoms with Crippen LogP contribution in [0.4, 0.5) is 10.1 Å². The molecule has 0 saturated carbocycles. The highest BCUT2D eigenvalue weighted by Crippen LogP contribution is 2.34. The van der Waals surface area contributed by atoms with Crippen molar-refractivity contribution in [1.29, 1.82) is 0 Å². The summed E-state index contributed by atoms with van der Waals surface area (Å²) >= 11 is 0. The molecular weight excluding hydrogens is 449 g/mol. The van der Waals surface area contributed by atoms with Crippen molar-refractivity contribution in [2.45, 2.75) is 26.8 Å². The number of anilines is 1. The van der Waals surface area contributed by atoms with Crippen LogP contribution in [0.2, 0.25) is 0 Å². The third-order valence-corrected chi connectivity index (χ3v) is 5.72. The molecule has 11 heteroatoms. The van der Waals surface area contributed by atoms with Crippen molar-refractivity contribution in [2.24, 2.45) is 14.2 Å². The van der Waals surface area contributed by atoms with Crippen LogP contribution >= 0.6 is 0 Å². The van der Waals surface area contributed by atoms with E-state index in [0.717, 1.165) is 0 Å². The number of carbonyl (C=O) groups is 1. The van der Waals surface area contributed by atoms with Crippen LogP contribution in [-0.2, 0) is 10.2 Å². The van der Waals surface area contributed by atoms with E-state index in [2.05, 4.69) is 19.4 Å². The highest BCUT2D eigenvalue weighted by atomic mass is 32.2.